The van der Waals surface area contributed by atoms with Gasteiger partial charge in [0, 0.05) is 19.3 Å². The lowest BCUT2D eigenvalue weighted by atomic mass is 10.0. The topological polar surface area (TPSA) is 78.9 Å². The van der Waals surface area contributed by atoms with Crippen LogP contribution in [0.4, 0.5) is 0 Å². The Kier molecular flexibility index (Phi) is 63.9. The van der Waals surface area contributed by atoms with Crippen LogP contribution in [0.2, 0.25) is 0 Å². The van der Waals surface area contributed by atoms with Crippen LogP contribution in [-0.2, 0) is 28.6 Å². The molecule has 81 heavy (non-hydrogen) atoms. The van der Waals surface area contributed by atoms with Gasteiger partial charge in [-0.2, -0.15) is 0 Å². The first kappa shape index (κ1) is 76.3. The van der Waals surface area contributed by atoms with Crippen molar-refractivity contribution in [2.24, 2.45) is 0 Å². The van der Waals surface area contributed by atoms with Crippen molar-refractivity contribution in [3.8, 4) is 0 Å². The number of allylic oxidation sites excluding steroid dienone is 24. The van der Waals surface area contributed by atoms with Gasteiger partial charge in [0.15, 0.2) is 6.10 Å². The number of hydrogen-bond acceptors (Lipinski definition) is 6. The van der Waals surface area contributed by atoms with E-state index in [1.165, 1.54) is 96.3 Å². The molecule has 0 amide bonds. The third kappa shape index (κ3) is 66.0. The molecule has 0 N–H and O–H groups in total. The Hall–Kier alpha value is -4.71. The summed E-state index contributed by atoms with van der Waals surface area (Å²) in [5, 5.41) is 0. The van der Waals surface area contributed by atoms with Crippen molar-refractivity contribution in [2.45, 2.75) is 297 Å². The van der Waals surface area contributed by atoms with E-state index < -0.39 is 6.10 Å². The van der Waals surface area contributed by atoms with Crippen LogP contribution in [0.25, 0.3) is 0 Å². The molecular formula is C75H122O6. The standard InChI is InChI=1S/C75H122O6/c1-4-7-10-13-15-17-19-21-23-25-27-29-31-33-35-36-37-38-40-41-43-45-47-49-51-53-55-57-59-62-65-68-74(77)80-71-72(70-79-73(76)67-64-61-12-9-6-3)81-75(78)69-66-63-60-58-56-54-52-50-48-46-44-42-39-34-32-30-28-26-24-22-20-18-16-14-11-8-5-2/h7-8,10-11,15-18,21-24,27-30,33,35,37-38,41,43,47,49,72H,4-6,9,12-14,19-20,25-26,31-32,34,36,39-40,42,44-46,48,50-71H2,1-3H3/b10-7-,11-8-,17-15-,18-16-,23-21-,24-22-,29-27-,30-28-,35-33-,38-37-,43-41-,49-47-. The highest BCUT2D eigenvalue weighted by Gasteiger charge is 2.19. The van der Waals surface area contributed by atoms with E-state index in [1.807, 2.05) is 0 Å². The fourth-order valence-corrected chi connectivity index (χ4v) is 8.92. The minimum Gasteiger partial charge on any atom is -0.462 e. The normalized spacial score (nSPS) is 13.1. The Labute approximate surface area is 499 Å². The summed E-state index contributed by atoms with van der Waals surface area (Å²) < 4.78 is 16.8. The van der Waals surface area contributed by atoms with Crippen LogP contribution in [0.3, 0.4) is 0 Å². The molecule has 0 radical (unpaired) electrons. The predicted molar refractivity (Wildman–Crippen MR) is 352 cm³/mol. The summed E-state index contributed by atoms with van der Waals surface area (Å²) in [6, 6.07) is 0. The van der Waals surface area contributed by atoms with E-state index in [0.717, 1.165) is 154 Å². The summed E-state index contributed by atoms with van der Waals surface area (Å²) in [6.45, 7) is 6.32. The second kappa shape index (κ2) is 67.8. The molecule has 1 unspecified atom stereocenters. The molecule has 458 valence electrons. The third-order valence-electron chi connectivity index (χ3n) is 13.8. The lowest BCUT2D eigenvalue weighted by molar-refractivity contribution is -0.167. The van der Waals surface area contributed by atoms with Gasteiger partial charge in [-0.1, -0.05) is 295 Å². The van der Waals surface area contributed by atoms with E-state index in [1.54, 1.807) is 0 Å². The van der Waals surface area contributed by atoms with Crippen molar-refractivity contribution in [3.63, 3.8) is 0 Å². The van der Waals surface area contributed by atoms with Crippen molar-refractivity contribution >= 4 is 17.9 Å². The maximum Gasteiger partial charge on any atom is 0.306 e. The summed E-state index contributed by atoms with van der Waals surface area (Å²) in [5.74, 6) is -0.914. The molecule has 0 rings (SSSR count). The first-order valence-electron chi connectivity index (χ1n) is 33.3. The number of carbonyl (C=O) groups is 3. The van der Waals surface area contributed by atoms with Crippen LogP contribution >= 0.6 is 0 Å². The molecule has 6 heteroatoms. The van der Waals surface area contributed by atoms with Gasteiger partial charge >= 0.3 is 17.9 Å². The smallest absolute Gasteiger partial charge is 0.306 e. The summed E-state index contributed by atoms with van der Waals surface area (Å²) in [6.07, 6.45) is 97.7. The van der Waals surface area contributed by atoms with E-state index >= 15 is 0 Å². The molecule has 0 aromatic rings. The van der Waals surface area contributed by atoms with Gasteiger partial charge in [0.25, 0.3) is 0 Å². The number of esters is 3. The molecule has 0 fully saturated rings. The Balaban J connectivity index is 4.09. The second-order valence-electron chi connectivity index (χ2n) is 21.6. The summed E-state index contributed by atoms with van der Waals surface area (Å²) in [7, 11) is 0. The van der Waals surface area contributed by atoms with Crippen molar-refractivity contribution in [1.29, 1.82) is 0 Å². The van der Waals surface area contributed by atoms with Gasteiger partial charge in [-0.25, -0.2) is 0 Å². The molecule has 0 spiro atoms. The lowest BCUT2D eigenvalue weighted by Crippen LogP contribution is -2.30. The van der Waals surface area contributed by atoms with Crippen LogP contribution in [0, 0.1) is 0 Å². The molecule has 0 bridgehead atoms. The zero-order valence-electron chi connectivity index (χ0n) is 52.5. The number of unbranched alkanes of at least 4 members (excludes halogenated alkanes) is 24. The highest BCUT2D eigenvalue weighted by atomic mass is 16.6. The average molecular weight is 1120 g/mol. The summed E-state index contributed by atoms with van der Waals surface area (Å²) in [5.41, 5.74) is 0. The molecule has 0 heterocycles. The van der Waals surface area contributed by atoms with Crippen LogP contribution in [-0.4, -0.2) is 37.2 Å². The lowest BCUT2D eigenvalue weighted by Gasteiger charge is -2.18. The van der Waals surface area contributed by atoms with Crippen molar-refractivity contribution in [3.05, 3.63) is 146 Å². The number of hydrogen-bond donors (Lipinski definition) is 0. The van der Waals surface area contributed by atoms with Crippen LogP contribution in [0.1, 0.15) is 290 Å². The van der Waals surface area contributed by atoms with Gasteiger partial charge in [0.2, 0.25) is 0 Å². The monoisotopic (exact) mass is 1120 g/mol. The highest BCUT2D eigenvalue weighted by Crippen LogP contribution is 2.16. The number of ether oxygens (including phenoxy) is 3. The highest BCUT2D eigenvalue weighted by molar-refractivity contribution is 5.71. The molecule has 1 atom stereocenters. The fourth-order valence-electron chi connectivity index (χ4n) is 8.92. The quantitative estimate of drug-likeness (QED) is 0.0261. The van der Waals surface area contributed by atoms with Gasteiger partial charge in [0.05, 0.1) is 0 Å². The SMILES string of the molecule is CC/C=C\C/C=C\C/C=C\C/C=C\C/C=C\C/C=C\C/C=C\C/C=C\CCCCCCCCC(=O)OCC(COC(=O)CCCCCCC)OC(=O)CCCCCCCCCCCCCCCC/C=C\C/C=C\C/C=C\C/C=C\CC. The molecule has 0 saturated heterocycles. The van der Waals surface area contributed by atoms with E-state index in [-0.39, 0.29) is 31.1 Å². The van der Waals surface area contributed by atoms with Gasteiger partial charge in [-0.3, -0.25) is 14.4 Å². The first-order valence-corrected chi connectivity index (χ1v) is 33.3. The van der Waals surface area contributed by atoms with E-state index in [4.69, 9.17) is 14.2 Å². The Bertz CT molecular complexity index is 1760. The third-order valence-corrected chi connectivity index (χ3v) is 13.8. The minimum atomic E-state index is -0.787. The van der Waals surface area contributed by atoms with E-state index in [0.29, 0.717) is 19.3 Å². The Morgan fingerprint density at radius 3 is 0.753 bits per heavy atom. The van der Waals surface area contributed by atoms with Crippen molar-refractivity contribution in [1.82, 2.24) is 0 Å². The van der Waals surface area contributed by atoms with Crippen molar-refractivity contribution < 1.29 is 28.6 Å². The number of rotatable bonds is 59. The molecule has 0 aliphatic heterocycles. The maximum atomic E-state index is 12.9. The van der Waals surface area contributed by atoms with Gasteiger partial charge < -0.3 is 14.2 Å². The van der Waals surface area contributed by atoms with E-state index in [2.05, 4.69) is 167 Å². The molecule has 0 aromatic carbocycles. The molecular weight excluding hydrogens is 997 g/mol. The predicted octanol–water partition coefficient (Wildman–Crippen LogP) is 23.1. The largest absolute Gasteiger partial charge is 0.462 e. The van der Waals surface area contributed by atoms with E-state index in [9.17, 15) is 14.4 Å². The number of carbonyl (C=O) groups excluding carboxylic acids is 3. The summed E-state index contributed by atoms with van der Waals surface area (Å²) >= 11 is 0. The zero-order valence-corrected chi connectivity index (χ0v) is 52.5. The Morgan fingerprint density at radius 2 is 0.481 bits per heavy atom. The van der Waals surface area contributed by atoms with Crippen molar-refractivity contribution in [2.75, 3.05) is 13.2 Å². The van der Waals surface area contributed by atoms with Gasteiger partial charge in [-0.15, -0.1) is 0 Å². The minimum absolute atomic E-state index is 0.0863. The van der Waals surface area contributed by atoms with Crippen LogP contribution < -0.4 is 0 Å². The Morgan fingerprint density at radius 1 is 0.259 bits per heavy atom. The molecule has 6 nitrogen and oxygen atoms in total. The fraction of sp³-hybridized carbons (Fsp3) is 0.640. The second-order valence-corrected chi connectivity index (χ2v) is 21.6. The van der Waals surface area contributed by atoms with Crippen LogP contribution in [0.5, 0.6) is 0 Å². The maximum absolute atomic E-state index is 12.9. The first-order chi connectivity index (χ1) is 40.0. The molecule has 0 aromatic heterocycles. The zero-order chi connectivity index (χ0) is 58.5. The summed E-state index contributed by atoms with van der Waals surface area (Å²) in [4.78, 5) is 38.0. The molecule has 0 aliphatic carbocycles. The van der Waals surface area contributed by atoms with Gasteiger partial charge in [0.1, 0.15) is 13.2 Å². The molecule has 0 aliphatic rings. The molecule has 0 saturated carbocycles. The van der Waals surface area contributed by atoms with Crippen LogP contribution in [0.15, 0.2) is 146 Å². The van der Waals surface area contributed by atoms with Gasteiger partial charge in [-0.05, 0) is 122 Å². The average Bonchev–Trinajstić information content (AvgIpc) is 3.47.